The summed E-state index contributed by atoms with van der Waals surface area (Å²) in [4.78, 5) is 10.5. The van der Waals surface area contributed by atoms with Crippen molar-refractivity contribution in [3.63, 3.8) is 0 Å². The van der Waals surface area contributed by atoms with Gasteiger partial charge in [-0.1, -0.05) is 0 Å². The molecule has 6 heteroatoms. The molecule has 4 nitrogen and oxygen atoms in total. The molecule has 0 aliphatic heterocycles. The number of hydrogen-bond acceptors (Lipinski definition) is 3. The van der Waals surface area contributed by atoms with Gasteiger partial charge in [0, 0.05) is 0 Å². The number of nitriles is 1. The molecule has 0 spiro atoms. The van der Waals surface area contributed by atoms with Crippen molar-refractivity contribution in [2.75, 3.05) is 13.2 Å². The summed E-state index contributed by atoms with van der Waals surface area (Å²) in [6.45, 7) is -0.780. The van der Waals surface area contributed by atoms with E-state index in [-0.39, 0.29) is 13.0 Å². The predicted octanol–water partition coefficient (Wildman–Crippen LogP) is 0.255. The van der Waals surface area contributed by atoms with E-state index >= 15 is 0 Å². The molecular formula is C6H8F2N2O2. The second-order valence-corrected chi connectivity index (χ2v) is 1.88. The smallest absolute Gasteiger partial charge is 0.261 e. The van der Waals surface area contributed by atoms with Gasteiger partial charge < -0.3 is 4.74 Å². The van der Waals surface area contributed by atoms with E-state index in [4.69, 9.17) is 5.26 Å². The van der Waals surface area contributed by atoms with Gasteiger partial charge in [-0.05, 0) is 0 Å². The van der Waals surface area contributed by atoms with Crippen LogP contribution in [0.3, 0.4) is 0 Å². The summed E-state index contributed by atoms with van der Waals surface area (Å²) in [5, 5.41) is 9.77. The molecule has 0 rings (SSSR count). The minimum absolute atomic E-state index is 0.0831. The van der Waals surface area contributed by atoms with Gasteiger partial charge in [0.1, 0.15) is 6.61 Å². The topological polar surface area (TPSA) is 62.1 Å². The first-order valence-electron chi connectivity index (χ1n) is 3.20. The highest BCUT2D eigenvalue weighted by Gasteiger charge is 2.03. The lowest BCUT2D eigenvalue weighted by Crippen LogP contribution is -2.19. The molecule has 0 saturated heterocycles. The summed E-state index contributed by atoms with van der Waals surface area (Å²) in [5.74, 6) is -0.535. The van der Waals surface area contributed by atoms with Gasteiger partial charge >= 0.3 is 0 Å². The molecule has 0 atom stereocenters. The Labute approximate surface area is 68.1 Å². The quantitative estimate of drug-likeness (QED) is 0.373. The van der Waals surface area contributed by atoms with Crippen molar-refractivity contribution < 1.29 is 18.3 Å². The van der Waals surface area contributed by atoms with Crippen molar-refractivity contribution in [3.05, 3.63) is 0 Å². The lowest BCUT2D eigenvalue weighted by molar-refractivity contribution is -0.121. The molecule has 0 radical (unpaired) electrons. The SMILES string of the molecule is N#CNC(=O)CCOCC(F)F. The van der Waals surface area contributed by atoms with E-state index in [0.717, 1.165) is 0 Å². The largest absolute Gasteiger partial charge is 0.375 e. The van der Waals surface area contributed by atoms with Gasteiger partial charge in [0.05, 0.1) is 13.0 Å². The van der Waals surface area contributed by atoms with Crippen molar-refractivity contribution in [2.24, 2.45) is 0 Å². The number of carbonyl (C=O) groups is 1. The number of hydrogen-bond donors (Lipinski definition) is 1. The van der Waals surface area contributed by atoms with Crippen LogP contribution in [-0.4, -0.2) is 25.5 Å². The Morgan fingerprint density at radius 3 is 2.83 bits per heavy atom. The van der Waals surface area contributed by atoms with Gasteiger partial charge in [-0.25, -0.2) is 8.78 Å². The third-order valence-electron chi connectivity index (χ3n) is 0.913. The first-order valence-corrected chi connectivity index (χ1v) is 3.20. The summed E-state index contributed by atoms with van der Waals surface area (Å²) in [6, 6.07) is 0. The molecular weight excluding hydrogens is 170 g/mol. The van der Waals surface area contributed by atoms with E-state index in [2.05, 4.69) is 4.74 Å². The fraction of sp³-hybridized carbons (Fsp3) is 0.667. The van der Waals surface area contributed by atoms with E-state index < -0.39 is 18.9 Å². The lowest BCUT2D eigenvalue weighted by atomic mass is 10.4. The van der Waals surface area contributed by atoms with Crippen molar-refractivity contribution >= 4 is 5.91 Å². The van der Waals surface area contributed by atoms with Gasteiger partial charge in [-0.3, -0.25) is 10.1 Å². The van der Waals surface area contributed by atoms with Crippen molar-refractivity contribution in [3.8, 4) is 6.19 Å². The molecule has 0 unspecified atom stereocenters. The van der Waals surface area contributed by atoms with Crippen LogP contribution >= 0.6 is 0 Å². The van der Waals surface area contributed by atoms with Crippen LogP contribution in [0.25, 0.3) is 0 Å². The molecule has 0 aromatic carbocycles. The standard InChI is InChI=1S/C6H8F2N2O2/c7-5(8)3-12-2-1-6(11)10-4-9/h5H,1-3H2,(H,10,11). The van der Waals surface area contributed by atoms with Crippen LogP contribution < -0.4 is 5.32 Å². The summed E-state index contributed by atoms with van der Waals surface area (Å²) in [6.07, 6.45) is -1.19. The average molecular weight is 178 g/mol. The van der Waals surface area contributed by atoms with Gasteiger partial charge in [-0.2, -0.15) is 5.26 Å². The van der Waals surface area contributed by atoms with Crippen LogP contribution in [0.5, 0.6) is 0 Å². The Morgan fingerprint density at radius 1 is 1.67 bits per heavy atom. The Morgan fingerprint density at radius 2 is 2.33 bits per heavy atom. The Hall–Kier alpha value is -1.22. The average Bonchev–Trinajstić information content (AvgIpc) is 1.98. The number of ether oxygens (including phenoxy) is 1. The van der Waals surface area contributed by atoms with Gasteiger partial charge in [0.2, 0.25) is 5.91 Å². The van der Waals surface area contributed by atoms with Gasteiger partial charge in [-0.15, -0.1) is 0 Å². The third kappa shape index (κ3) is 6.89. The number of nitrogens with one attached hydrogen (secondary N) is 1. The number of amides is 1. The molecule has 1 amide bonds. The summed E-state index contributed by atoms with van der Waals surface area (Å²) in [7, 11) is 0. The number of rotatable bonds is 5. The third-order valence-corrected chi connectivity index (χ3v) is 0.913. The normalized spacial score (nSPS) is 9.50. The number of halogens is 2. The van der Waals surface area contributed by atoms with Crippen LogP contribution in [0.1, 0.15) is 6.42 Å². The zero-order valence-corrected chi connectivity index (χ0v) is 6.22. The highest BCUT2D eigenvalue weighted by molar-refractivity contribution is 5.77. The summed E-state index contributed by atoms with van der Waals surface area (Å²) < 4.78 is 27.3. The summed E-state index contributed by atoms with van der Waals surface area (Å²) in [5.41, 5.74) is 0. The Balaban J connectivity index is 3.21. The molecule has 12 heavy (non-hydrogen) atoms. The molecule has 1 N–H and O–H groups in total. The van der Waals surface area contributed by atoms with Crippen LogP contribution in [0, 0.1) is 11.5 Å². The maximum absolute atomic E-state index is 11.4. The van der Waals surface area contributed by atoms with Crippen LogP contribution in [-0.2, 0) is 9.53 Å². The van der Waals surface area contributed by atoms with Crippen molar-refractivity contribution in [1.82, 2.24) is 5.32 Å². The Kier molecular flexibility index (Phi) is 5.83. The summed E-state index contributed by atoms with van der Waals surface area (Å²) >= 11 is 0. The van der Waals surface area contributed by atoms with E-state index in [1.807, 2.05) is 5.32 Å². The van der Waals surface area contributed by atoms with Crippen molar-refractivity contribution in [1.29, 1.82) is 5.26 Å². The molecule has 0 aromatic heterocycles. The molecule has 0 fully saturated rings. The fourth-order valence-electron chi connectivity index (χ4n) is 0.462. The van der Waals surface area contributed by atoms with Crippen LogP contribution in [0.15, 0.2) is 0 Å². The van der Waals surface area contributed by atoms with Gasteiger partial charge in [0.15, 0.2) is 6.19 Å². The zero-order chi connectivity index (χ0) is 9.40. The fourth-order valence-corrected chi connectivity index (χ4v) is 0.462. The lowest BCUT2D eigenvalue weighted by Gasteiger charge is -2.00. The number of alkyl halides is 2. The van der Waals surface area contributed by atoms with E-state index in [1.165, 1.54) is 6.19 Å². The van der Waals surface area contributed by atoms with Crippen molar-refractivity contribution in [2.45, 2.75) is 12.8 Å². The molecule has 0 bridgehead atoms. The van der Waals surface area contributed by atoms with Crippen LogP contribution in [0.4, 0.5) is 8.78 Å². The highest BCUT2D eigenvalue weighted by atomic mass is 19.3. The first-order chi connectivity index (χ1) is 5.66. The van der Waals surface area contributed by atoms with E-state index in [9.17, 15) is 13.6 Å². The number of carbonyl (C=O) groups excluding carboxylic acids is 1. The maximum atomic E-state index is 11.4. The predicted molar refractivity (Wildman–Crippen MR) is 35.2 cm³/mol. The van der Waals surface area contributed by atoms with E-state index in [1.54, 1.807) is 0 Å². The molecule has 0 aliphatic rings. The van der Waals surface area contributed by atoms with E-state index in [0.29, 0.717) is 0 Å². The van der Waals surface area contributed by atoms with Gasteiger partial charge in [0.25, 0.3) is 6.43 Å². The maximum Gasteiger partial charge on any atom is 0.261 e. The molecule has 0 aliphatic carbocycles. The molecule has 0 saturated carbocycles. The second kappa shape index (κ2) is 6.49. The number of nitrogens with zero attached hydrogens (tertiary/aromatic N) is 1. The zero-order valence-electron chi connectivity index (χ0n) is 6.22. The first kappa shape index (κ1) is 10.8. The molecule has 0 heterocycles. The second-order valence-electron chi connectivity index (χ2n) is 1.88. The minimum atomic E-state index is -2.52. The molecule has 68 valence electrons. The minimum Gasteiger partial charge on any atom is -0.375 e. The highest BCUT2D eigenvalue weighted by Crippen LogP contribution is 1.93. The monoisotopic (exact) mass is 178 g/mol. The Bertz CT molecular complexity index is 179. The molecule has 0 aromatic rings. The van der Waals surface area contributed by atoms with Crippen LogP contribution in [0.2, 0.25) is 0 Å².